The van der Waals surface area contributed by atoms with Crippen LogP contribution in [0.2, 0.25) is 0 Å². The van der Waals surface area contributed by atoms with Gasteiger partial charge in [0.2, 0.25) is 0 Å². The molecule has 4 unspecified atom stereocenters. The van der Waals surface area contributed by atoms with Crippen molar-refractivity contribution in [1.29, 1.82) is 0 Å². The van der Waals surface area contributed by atoms with Gasteiger partial charge in [-0.25, -0.2) is 0 Å². The smallest absolute Gasteiger partial charge is 0.104 e. The molecule has 19 heavy (non-hydrogen) atoms. The molecule has 4 atom stereocenters. The number of hydrogen-bond acceptors (Lipinski definition) is 4. The topological polar surface area (TPSA) is 51.2 Å². The number of epoxide rings is 1. The minimum absolute atomic E-state index is 0.217. The van der Waals surface area contributed by atoms with Crippen LogP contribution in [0.5, 0.6) is 0 Å². The Balaban J connectivity index is 1.49. The second-order valence-corrected chi connectivity index (χ2v) is 6.54. The molecule has 0 aromatic heterocycles. The summed E-state index contributed by atoms with van der Waals surface area (Å²) in [5.74, 6) is 1.68. The van der Waals surface area contributed by atoms with Gasteiger partial charge in [0.25, 0.3) is 0 Å². The lowest BCUT2D eigenvalue weighted by Gasteiger charge is -2.37. The predicted molar refractivity (Wildman–Crippen MR) is 71.0 cm³/mol. The lowest BCUT2D eigenvalue weighted by atomic mass is 9.74. The summed E-state index contributed by atoms with van der Waals surface area (Å²) in [5.41, 5.74) is 0.243. The maximum Gasteiger partial charge on any atom is 0.104 e. The lowest BCUT2D eigenvalue weighted by Crippen LogP contribution is -2.38. The normalized spacial score (nSPS) is 39.9. The van der Waals surface area contributed by atoms with E-state index >= 15 is 0 Å². The molecule has 1 saturated heterocycles. The molecule has 1 aliphatic heterocycles. The Hall–Kier alpha value is -0.160. The van der Waals surface area contributed by atoms with Crippen molar-refractivity contribution in [2.45, 2.75) is 38.2 Å². The fourth-order valence-electron chi connectivity index (χ4n) is 3.95. The summed E-state index contributed by atoms with van der Waals surface area (Å²) in [4.78, 5) is 0. The minimum atomic E-state index is 0.217. The van der Waals surface area contributed by atoms with Crippen molar-refractivity contribution in [3.8, 4) is 0 Å². The Morgan fingerprint density at radius 2 is 2.05 bits per heavy atom. The van der Waals surface area contributed by atoms with Crippen molar-refractivity contribution in [3.63, 3.8) is 0 Å². The fraction of sp³-hybridized carbons (Fsp3) is 1.00. The van der Waals surface area contributed by atoms with E-state index in [1.807, 2.05) is 0 Å². The van der Waals surface area contributed by atoms with Crippen molar-refractivity contribution in [2.24, 2.45) is 17.3 Å². The van der Waals surface area contributed by atoms with E-state index in [0.29, 0.717) is 12.7 Å². The van der Waals surface area contributed by atoms with E-state index in [2.05, 4.69) is 0 Å². The first-order chi connectivity index (χ1) is 9.32. The summed E-state index contributed by atoms with van der Waals surface area (Å²) in [7, 11) is 0. The van der Waals surface area contributed by atoms with Crippen LogP contribution in [0.4, 0.5) is 0 Å². The molecule has 0 amide bonds. The molecule has 1 heterocycles. The van der Waals surface area contributed by atoms with Crippen molar-refractivity contribution in [2.75, 3.05) is 39.6 Å². The second-order valence-electron chi connectivity index (χ2n) is 6.54. The first kappa shape index (κ1) is 13.8. The van der Waals surface area contributed by atoms with Gasteiger partial charge in [-0.2, -0.15) is 0 Å². The third-order valence-corrected chi connectivity index (χ3v) is 5.03. The minimum Gasteiger partial charge on any atom is -0.396 e. The van der Waals surface area contributed by atoms with Crippen LogP contribution in [0, 0.1) is 17.3 Å². The monoisotopic (exact) mass is 270 g/mol. The Labute approximate surface area is 115 Å². The number of aliphatic hydroxyl groups excluding tert-OH is 1. The van der Waals surface area contributed by atoms with Crippen molar-refractivity contribution in [1.82, 2.24) is 0 Å². The van der Waals surface area contributed by atoms with E-state index in [9.17, 15) is 0 Å². The van der Waals surface area contributed by atoms with Crippen molar-refractivity contribution >= 4 is 0 Å². The molecule has 2 aliphatic carbocycles. The highest BCUT2D eigenvalue weighted by Gasteiger charge is 2.51. The number of fused-ring (bicyclic) bond motifs is 2. The second kappa shape index (κ2) is 6.08. The largest absolute Gasteiger partial charge is 0.396 e. The molecule has 0 aromatic rings. The third kappa shape index (κ3) is 3.30. The zero-order valence-electron chi connectivity index (χ0n) is 11.7. The quantitative estimate of drug-likeness (QED) is 0.511. The fourth-order valence-corrected chi connectivity index (χ4v) is 3.95. The summed E-state index contributed by atoms with van der Waals surface area (Å²) in [5, 5.41) is 8.82. The van der Waals surface area contributed by atoms with E-state index in [1.165, 1.54) is 25.7 Å². The van der Waals surface area contributed by atoms with Gasteiger partial charge in [-0.15, -0.1) is 0 Å². The van der Waals surface area contributed by atoms with Gasteiger partial charge in [0, 0.05) is 18.6 Å². The molecular formula is C15H26O4. The summed E-state index contributed by atoms with van der Waals surface area (Å²) >= 11 is 0. The molecule has 0 radical (unpaired) electrons. The average Bonchev–Trinajstić information content (AvgIpc) is 3.02. The zero-order valence-corrected chi connectivity index (χ0v) is 11.7. The van der Waals surface area contributed by atoms with Gasteiger partial charge in [-0.1, -0.05) is 6.42 Å². The molecule has 3 fully saturated rings. The zero-order chi connectivity index (χ0) is 13.1. The first-order valence-electron chi connectivity index (χ1n) is 7.70. The van der Waals surface area contributed by atoms with E-state index in [1.54, 1.807) is 0 Å². The molecule has 0 spiro atoms. The van der Waals surface area contributed by atoms with Gasteiger partial charge in [-0.3, -0.25) is 0 Å². The van der Waals surface area contributed by atoms with Gasteiger partial charge in [0.05, 0.1) is 26.4 Å². The molecule has 110 valence electrons. The van der Waals surface area contributed by atoms with E-state index in [4.69, 9.17) is 19.3 Å². The number of rotatable bonds is 9. The Bertz CT molecular complexity index is 292. The SMILES string of the molecule is OCCCOCC1(COCC2CO2)CC2CCC1C2. The highest BCUT2D eigenvalue weighted by molar-refractivity contribution is 5.00. The lowest BCUT2D eigenvalue weighted by molar-refractivity contribution is -0.0564. The van der Waals surface area contributed by atoms with Gasteiger partial charge in [0.15, 0.2) is 0 Å². The maximum atomic E-state index is 8.82. The third-order valence-electron chi connectivity index (χ3n) is 5.03. The molecule has 3 aliphatic rings. The Kier molecular flexibility index (Phi) is 4.42. The van der Waals surface area contributed by atoms with Crippen LogP contribution in [0.25, 0.3) is 0 Å². The van der Waals surface area contributed by atoms with Crippen LogP contribution < -0.4 is 0 Å². The Morgan fingerprint density at radius 1 is 1.21 bits per heavy atom. The molecule has 4 nitrogen and oxygen atoms in total. The van der Waals surface area contributed by atoms with Gasteiger partial charge in [0.1, 0.15) is 6.10 Å². The summed E-state index contributed by atoms with van der Waals surface area (Å²) in [6.07, 6.45) is 6.47. The van der Waals surface area contributed by atoms with Crippen LogP contribution in [0.1, 0.15) is 32.1 Å². The van der Waals surface area contributed by atoms with Crippen LogP contribution in [-0.2, 0) is 14.2 Å². The number of hydrogen-bond donors (Lipinski definition) is 1. The molecule has 1 N–H and O–H groups in total. The standard InChI is InChI=1S/C15H26O4/c16-4-1-5-17-10-15(11-18-8-14-9-19-14)7-12-2-3-13(15)6-12/h12-14,16H,1-11H2. The number of ether oxygens (including phenoxy) is 3. The van der Waals surface area contributed by atoms with E-state index in [0.717, 1.165) is 44.7 Å². The van der Waals surface area contributed by atoms with Crippen LogP contribution in [0.3, 0.4) is 0 Å². The summed E-state index contributed by atoms with van der Waals surface area (Å²) in [6, 6.07) is 0. The van der Waals surface area contributed by atoms with Crippen molar-refractivity contribution in [3.05, 3.63) is 0 Å². The van der Waals surface area contributed by atoms with Gasteiger partial charge >= 0.3 is 0 Å². The average molecular weight is 270 g/mol. The highest BCUT2D eigenvalue weighted by Crippen LogP contribution is 2.56. The van der Waals surface area contributed by atoms with Crippen molar-refractivity contribution < 1.29 is 19.3 Å². The molecule has 3 rings (SSSR count). The van der Waals surface area contributed by atoms with Crippen LogP contribution in [0.15, 0.2) is 0 Å². The molecular weight excluding hydrogens is 244 g/mol. The summed E-state index contributed by atoms with van der Waals surface area (Å²) < 4.78 is 16.9. The van der Waals surface area contributed by atoms with Crippen LogP contribution >= 0.6 is 0 Å². The number of aliphatic hydroxyl groups is 1. The maximum absolute atomic E-state index is 8.82. The van der Waals surface area contributed by atoms with E-state index < -0.39 is 0 Å². The van der Waals surface area contributed by atoms with Crippen LogP contribution in [-0.4, -0.2) is 50.9 Å². The van der Waals surface area contributed by atoms with Gasteiger partial charge in [-0.05, 0) is 37.5 Å². The molecule has 2 saturated carbocycles. The molecule has 4 heteroatoms. The first-order valence-corrected chi connectivity index (χ1v) is 7.70. The predicted octanol–water partition coefficient (Wildman–Crippen LogP) is 1.61. The highest BCUT2D eigenvalue weighted by atomic mass is 16.6. The van der Waals surface area contributed by atoms with Gasteiger partial charge < -0.3 is 19.3 Å². The van der Waals surface area contributed by atoms with E-state index in [-0.39, 0.29) is 12.0 Å². The summed E-state index contributed by atoms with van der Waals surface area (Å²) in [6.45, 7) is 4.13. The molecule has 0 aromatic carbocycles. The molecule has 2 bridgehead atoms. The Morgan fingerprint density at radius 3 is 2.68 bits per heavy atom.